The fraction of sp³-hybridized carbons (Fsp3) is 0.250. The number of benzene rings is 1. The second-order valence-corrected chi connectivity index (χ2v) is 6.38. The lowest BCUT2D eigenvalue weighted by atomic mass is 9.97. The molecule has 3 N–H and O–H groups in total. The summed E-state index contributed by atoms with van der Waals surface area (Å²) in [5.41, 5.74) is 7.40. The summed E-state index contributed by atoms with van der Waals surface area (Å²) in [6.07, 6.45) is 5.32. The maximum Gasteiger partial charge on any atom is 0.246 e. The van der Waals surface area contributed by atoms with Crippen molar-refractivity contribution >= 4 is 5.91 Å². The third kappa shape index (κ3) is 4.51. The van der Waals surface area contributed by atoms with E-state index in [0.717, 1.165) is 11.1 Å². The van der Waals surface area contributed by atoms with Crippen LogP contribution in [0.1, 0.15) is 12.6 Å². The minimum atomic E-state index is -1.20. The Kier molecular flexibility index (Phi) is 5.52. The second-order valence-electron chi connectivity index (χ2n) is 6.38. The smallest absolute Gasteiger partial charge is 0.246 e. The van der Waals surface area contributed by atoms with Crippen LogP contribution in [0.5, 0.6) is 5.75 Å². The first-order valence-electron chi connectivity index (χ1n) is 8.58. The van der Waals surface area contributed by atoms with Gasteiger partial charge in [-0.15, -0.1) is 0 Å². The van der Waals surface area contributed by atoms with E-state index in [1.54, 1.807) is 48.3 Å². The number of pyridine rings is 1. The number of nitrogens with two attached hydrogens (primary N) is 1. The van der Waals surface area contributed by atoms with Crippen molar-refractivity contribution in [3.05, 3.63) is 66.7 Å². The average Bonchev–Trinajstić information content (AvgIpc) is 3.12. The van der Waals surface area contributed by atoms with E-state index in [1.165, 1.54) is 0 Å². The van der Waals surface area contributed by atoms with Crippen molar-refractivity contribution in [3.63, 3.8) is 0 Å². The Morgan fingerprint density at radius 2 is 2.22 bits per heavy atom. The molecule has 1 atom stereocenters. The molecule has 2 aromatic heterocycles. The molecule has 1 aromatic carbocycles. The van der Waals surface area contributed by atoms with Gasteiger partial charge >= 0.3 is 0 Å². The average molecular weight is 364 g/mol. The van der Waals surface area contributed by atoms with Crippen molar-refractivity contribution < 1.29 is 9.53 Å². The zero-order valence-electron chi connectivity index (χ0n) is 15.3. The maximum atomic E-state index is 12.4. The molecule has 2 heterocycles. The number of carbonyl (C=O) groups excluding carboxylic acids is 1. The number of ether oxygens (including phenoxy) is 1. The van der Waals surface area contributed by atoms with Crippen LogP contribution in [0.15, 0.2) is 55.0 Å². The molecule has 0 saturated heterocycles. The quantitative estimate of drug-likeness (QED) is 0.622. The van der Waals surface area contributed by atoms with Crippen molar-refractivity contribution in [2.45, 2.75) is 12.5 Å². The number of nitrogens with one attached hydrogen (secondary N) is 1. The van der Waals surface area contributed by atoms with Gasteiger partial charge in [-0.05, 0) is 48.9 Å². The summed E-state index contributed by atoms with van der Waals surface area (Å²) in [6, 6.07) is 13.9. The number of carbonyl (C=O) groups is 1. The predicted molar refractivity (Wildman–Crippen MR) is 102 cm³/mol. The zero-order valence-corrected chi connectivity index (χ0v) is 15.3. The molecule has 0 aliphatic rings. The SMILES string of the molecule is Cn1cc(-c2c[c]cc(OCCNC(=O)C(C)(N)c3ccccn3)c2)cn1. The third-order valence-corrected chi connectivity index (χ3v) is 4.13. The van der Waals surface area contributed by atoms with Crippen LogP contribution in [-0.2, 0) is 17.4 Å². The van der Waals surface area contributed by atoms with Gasteiger partial charge in [0.2, 0.25) is 5.91 Å². The van der Waals surface area contributed by atoms with Crippen molar-refractivity contribution in [1.82, 2.24) is 20.1 Å². The van der Waals surface area contributed by atoms with Gasteiger partial charge in [-0.25, -0.2) is 0 Å². The number of hydrogen-bond acceptors (Lipinski definition) is 5. The summed E-state index contributed by atoms with van der Waals surface area (Å²) in [5, 5.41) is 6.95. The number of amides is 1. The Labute approximate surface area is 158 Å². The lowest BCUT2D eigenvalue weighted by molar-refractivity contribution is -0.126. The Balaban J connectivity index is 1.52. The predicted octanol–water partition coefficient (Wildman–Crippen LogP) is 1.65. The fourth-order valence-electron chi connectivity index (χ4n) is 2.57. The van der Waals surface area contributed by atoms with Gasteiger partial charge in [-0.1, -0.05) is 6.07 Å². The van der Waals surface area contributed by atoms with Crippen molar-refractivity contribution in [3.8, 4) is 16.9 Å². The van der Waals surface area contributed by atoms with E-state index in [2.05, 4.69) is 21.5 Å². The first-order chi connectivity index (χ1) is 13.0. The topological polar surface area (TPSA) is 95.1 Å². The number of aryl methyl sites for hydroxylation is 1. The van der Waals surface area contributed by atoms with E-state index in [1.807, 2.05) is 25.4 Å². The van der Waals surface area contributed by atoms with Crippen molar-refractivity contribution in [1.29, 1.82) is 0 Å². The highest BCUT2D eigenvalue weighted by atomic mass is 16.5. The second kappa shape index (κ2) is 8.01. The standard InChI is InChI=1S/C20H22N5O2/c1-20(21,18-8-3-4-9-22-18)19(26)23-10-11-27-17-7-5-6-15(12-17)16-13-24-25(2)14-16/h3-4,6-9,12-14H,10-11,21H2,1-2H3,(H,23,26). The summed E-state index contributed by atoms with van der Waals surface area (Å²) in [6.45, 7) is 2.28. The molecule has 3 aromatic rings. The molecule has 1 unspecified atom stereocenters. The molecule has 0 aliphatic carbocycles. The maximum absolute atomic E-state index is 12.4. The van der Waals surface area contributed by atoms with E-state index < -0.39 is 5.54 Å². The van der Waals surface area contributed by atoms with Gasteiger partial charge in [-0.3, -0.25) is 14.5 Å². The van der Waals surface area contributed by atoms with Crippen LogP contribution < -0.4 is 15.8 Å². The third-order valence-electron chi connectivity index (χ3n) is 4.13. The molecular weight excluding hydrogens is 342 g/mol. The summed E-state index contributed by atoms with van der Waals surface area (Å²) < 4.78 is 7.45. The van der Waals surface area contributed by atoms with Crippen LogP contribution in [0.4, 0.5) is 0 Å². The van der Waals surface area contributed by atoms with Crippen LogP contribution in [0.25, 0.3) is 11.1 Å². The zero-order chi connectivity index (χ0) is 19.3. The Morgan fingerprint density at radius 3 is 2.93 bits per heavy atom. The van der Waals surface area contributed by atoms with Crippen LogP contribution >= 0.6 is 0 Å². The van der Waals surface area contributed by atoms with Crippen molar-refractivity contribution in [2.24, 2.45) is 12.8 Å². The first kappa shape index (κ1) is 18.6. The van der Waals surface area contributed by atoms with Crippen molar-refractivity contribution in [2.75, 3.05) is 13.2 Å². The highest BCUT2D eigenvalue weighted by molar-refractivity contribution is 5.86. The van der Waals surface area contributed by atoms with E-state index in [-0.39, 0.29) is 5.91 Å². The number of rotatable bonds is 7. The lowest BCUT2D eigenvalue weighted by Gasteiger charge is -2.22. The molecule has 0 bridgehead atoms. The molecule has 27 heavy (non-hydrogen) atoms. The van der Waals surface area contributed by atoms with Crippen LogP contribution in [-0.4, -0.2) is 33.8 Å². The summed E-state index contributed by atoms with van der Waals surface area (Å²) in [7, 11) is 1.87. The summed E-state index contributed by atoms with van der Waals surface area (Å²) in [4.78, 5) is 16.5. The van der Waals surface area contributed by atoms with E-state index >= 15 is 0 Å². The normalized spacial score (nSPS) is 13.0. The minimum absolute atomic E-state index is 0.305. The summed E-state index contributed by atoms with van der Waals surface area (Å²) >= 11 is 0. The molecule has 0 spiro atoms. The molecule has 3 rings (SSSR count). The van der Waals surface area contributed by atoms with Gasteiger partial charge in [0.25, 0.3) is 0 Å². The van der Waals surface area contributed by atoms with Crippen LogP contribution in [0, 0.1) is 6.07 Å². The highest BCUT2D eigenvalue weighted by Gasteiger charge is 2.31. The number of aromatic nitrogens is 3. The minimum Gasteiger partial charge on any atom is -0.492 e. The van der Waals surface area contributed by atoms with Gasteiger partial charge in [0.05, 0.1) is 18.4 Å². The van der Waals surface area contributed by atoms with E-state index in [0.29, 0.717) is 24.6 Å². The van der Waals surface area contributed by atoms with E-state index in [4.69, 9.17) is 10.5 Å². The largest absolute Gasteiger partial charge is 0.492 e. The molecule has 1 amide bonds. The molecule has 0 fully saturated rings. The van der Waals surface area contributed by atoms with Gasteiger partial charge in [0.15, 0.2) is 0 Å². The molecule has 0 saturated carbocycles. The monoisotopic (exact) mass is 364 g/mol. The summed E-state index contributed by atoms with van der Waals surface area (Å²) in [5.74, 6) is 0.367. The Bertz CT molecular complexity index is 906. The van der Waals surface area contributed by atoms with Crippen LogP contribution in [0.2, 0.25) is 0 Å². The lowest BCUT2D eigenvalue weighted by Crippen LogP contribution is -2.50. The Morgan fingerprint density at radius 1 is 1.37 bits per heavy atom. The highest BCUT2D eigenvalue weighted by Crippen LogP contribution is 2.23. The van der Waals surface area contributed by atoms with Gasteiger partial charge in [0, 0.05) is 25.0 Å². The van der Waals surface area contributed by atoms with Gasteiger partial charge < -0.3 is 15.8 Å². The van der Waals surface area contributed by atoms with Gasteiger partial charge in [0.1, 0.15) is 17.9 Å². The molecule has 7 nitrogen and oxygen atoms in total. The molecule has 1 radical (unpaired) electrons. The van der Waals surface area contributed by atoms with Gasteiger partial charge in [-0.2, -0.15) is 5.10 Å². The Hall–Kier alpha value is -3.19. The van der Waals surface area contributed by atoms with E-state index in [9.17, 15) is 4.79 Å². The fourth-order valence-corrected chi connectivity index (χ4v) is 2.57. The molecule has 7 heteroatoms. The molecule has 139 valence electrons. The number of hydrogen-bond donors (Lipinski definition) is 2. The first-order valence-corrected chi connectivity index (χ1v) is 8.58. The number of nitrogens with zero attached hydrogens (tertiary/aromatic N) is 3. The van der Waals surface area contributed by atoms with Crippen LogP contribution in [0.3, 0.4) is 0 Å². The molecule has 0 aliphatic heterocycles. The molecular formula is C20H22N5O2.